The predicted molar refractivity (Wildman–Crippen MR) is 157 cm³/mol. The van der Waals surface area contributed by atoms with Gasteiger partial charge in [-0.25, -0.2) is 0 Å². The van der Waals surface area contributed by atoms with E-state index in [4.69, 9.17) is 46.4 Å². The van der Waals surface area contributed by atoms with Crippen LogP contribution >= 0.6 is 32.0 Å². The van der Waals surface area contributed by atoms with Crippen molar-refractivity contribution in [2.45, 2.75) is 107 Å². The van der Waals surface area contributed by atoms with Gasteiger partial charge in [-0.1, -0.05) is 65.2 Å². The molecule has 0 aromatic carbocycles. The SMILES string of the molecule is CCN(CC)CCSc1cc2nc(c1)C[N-][C@H]1CCCC[C@H]1[N-]CC[N-]C1CCCCC1[N-]C2.[Cl][Mn][Cl]. The van der Waals surface area contributed by atoms with Gasteiger partial charge in [-0.15, -0.1) is 24.9 Å². The molecule has 2 bridgehead atoms. The zero-order valence-corrected chi connectivity index (χ0v) is 26.0. The summed E-state index contributed by atoms with van der Waals surface area (Å²) in [7, 11) is 9.59. The first kappa shape index (κ1) is 31.9. The normalized spacial score (nSPS) is 27.2. The summed E-state index contributed by atoms with van der Waals surface area (Å²) in [5.41, 5.74) is 2.20. The van der Waals surface area contributed by atoms with E-state index >= 15 is 0 Å². The molecule has 213 valence electrons. The van der Waals surface area contributed by atoms with Crippen molar-refractivity contribution in [3.8, 4) is 0 Å². The van der Waals surface area contributed by atoms with Gasteiger partial charge in [0.25, 0.3) is 0 Å². The van der Waals surface area contributed by atoms with E-state index in [0.717, 1.165) is 62.7 Å². The third-order valence-corrected chi connectivity index (χ3v) is 8.62. The second-order valence-corrected chi connectivity index (χ2v) is 13.2. The van der Waals surface area contributed by atoms with Gasteiger partial charge in [0.1, 0.15) is 0 Å². The fourth-order valence-electron chi connectivity index (χ4n) is 5.60. The number of halogens is 2. The van der Waals surface area contributed by atoms with Crippen LogP contribution in [0.25, 0.3) is 21.3 Å². The van der Waals surface area contributed by atoms with Crippen molar-refractivity contribution in [3.05, 3.63) is 44.8 Å². The van der Waals surface area contributed by atoms with Gasteiger partial charge >= 0.3 is 33.3 Å². The molecular formula is C27H44Cl2MnN6S-4. The molecule has 0 amide bonds. The topological polar surface area (TPSA) is 72.5 Å². The van der Waals surface area contributed by atoms with Crippen LogP contribution in [-0.4, -0.2) is 72.5 Å². The standard InChI is InChI=1S/C27H44N6S.2ClH.Mn/c1-3-33(4-2)15-16-34-23-17-21-19-30-26-11-7-5-9-24(26)28-13-14-29-25-10-6-8-12-27(25)31-20-22(18-23)32-21;;;/h17-18,24-27H,3-16,19-20H2,1-2H3;2*1H;/q-4;;;+2/p-2/t24-,25?,26+,27?;;;/m1.../s1. The van der Waals surface area contributed by atoms with Crippen molar-refractivity contribution >= 4 is 32.0 Å². The molecule has 2 saturated carbocycles. The Labute approximate surface area is 244 Å². The van der Waals surface area contributed by atoms with E-state index in [2.05, 4.69) is 30.9 Å². The van der Waals surface area contributed by atoms with Crippen molar-refractivity contribution in [3.63, 3.8) is 0 Å². The van der Waals surface area contributed by atoms with Crippen LogP contribution in [0.5, 0.6) is 0 Å². The van der Waals surface area contributed by atoms with Gasteiger partial charge < -0.3 is 26.2 Å². The Bertz CT molecular complexity index is 711. The summed E-state index contributed by atoms with van der Waals surface area (Å²) in [6, 6.07) is 5.96. The average molecular weight is 611 g/mol. The molecule has 3 aliphatic rings. The molecule has 1 aliphatic heterocycles. The number of hydrogen-bond acceptors (Lipinski definition) is 3. The van der Waals surface area contributed by atoms with Crippen molar-refractivity contribution in [1.82, 2.24) is 9.88 Å². The molecule has 2 heterocycles. The Morgan fingerprint density at radius 3 is 1.68 bits per heavy atom. The molecule has 4 rings (SSSR count). The Hall–Kier alpha value is 0.399. The maximum atomic E-state index is 5.14. The number of aromatic nitrogens is 1. The number of hydrogen-bond donors (Lipinski definition) is 0. The van der Waals surface area contributed by atoms with Crippen LogP contribution in [0.15, 0.2) is 17.0 Å². The van der Waals surface area contributed by atoms with E-state index < -0.39 is 0 Å². The van der Waals surface area contributed by atoms with E-state index in [1.807, 2.05) is 11.8 Å². The van der Waals surface area contributed by atoms with Crippen LogP contribution in [-0.2, 0) is 26.2 Å². The number of rotatable bonds is 6. The summed E-state index contributed by atoms with van der Waals surface area (Å²) < 4.78 is 0. The van der Waals surface area contributed by atoms with Crippen molar-refractivity contribution in [2.75, 3.05) is 38.5 Å². The fourth-order valence-corrected chi connectivity index (χ4v) is 6.62. The molecule has 6 nitrogen and oxygen atoms in total. The number of fused-ring (bicyclic) bond motifs is 4. The fraction of sp³-hybridized carbons (Fsp3) is 0.815. The van der Waals surface area contributed by atoms with E-state index in [1.165, 1.54) is 43.4 Å². The van der Waals surface area contributed by atoms with Crippen molar-refractivity contribution < 1.29 is 13.1 Å². The second-order valence-electron chi connectivity index (χ2n) is 10.0. The van der Waals surface area contributed by atoms with Gasteiger partial charge in [-0.3, -0.25) is 4.98 Å². The molecular weight excluding hydrogens is 566 g/mol. The molecule has 37 heavy (non-hydrogen) atoms. The molecule has 0 saturated heterocycles. The Balaban J connectivity index is 0.00000121. The van der Waals surface area contributed by atoms with Crippen LogP contribution in [0.4, 0.5) is 0 Å². The second kappa shape index (κ2) is 18.7. The number of thioether (sulfide) groups is 1. The molecule has 1 aromatic heterocycles. The van der Waals surface area contributed by atoms with Crippen molar-refractivity contribution in [1.29, 1.82) is 0 Å². The van der Waals surface area contributed by atoms with Crippen LogP contribution in [0.1, 0.15) is 76.6 Å². The molecule has 1 aromatic rings. The minimum absolute atomic E-state index is 0.00694. The van der Waals surface area contributed by atoms with Crippen LogP contribution < -0.4 is 0 Å². The Morgan fingerprint density at radius 2 is 1.24 bits per heavy atom. The molecule has 2 aliphatic carbocycles. The molecule has 0 radical (unpaired) electrons. The van der Waals surface area contributed by atoms with Gasteiger partial charge in [0.2, 0.25) is 0 Å². The van der Waals surface area contributed by atoms with Crippen LogP contribution in [0, 0.1) is 0 Å². The van der Waals surface area contributed by atoms with Gasteiger partial charge in [-0.2, -0.15) is 37.3 Å². The van der Waals surface area contributed by atoms with Crippen LogP contribution in [0.2, 0.25) is 0 Å². The third-order valence-electron chi connectivity index (χ3n) is 7.67. The molecule has 2 fully saturated rings. The third kappa shape index (κ3) is 11.4. The number of pyridine rings is 1. The summed E-state index contributed by atoms with van der Waals surface area (Å²) in [5, 5.41) is 20.4. The monoisotopic (exact) mass is 609 g/mol. The van der Waals surface area contributed by atoms with E-state index in [-0.39, 0.29) is 13.1 Å². The summed E-state index contributed by atoms with van der Waals surface area (Å²) in [5.74, 6) is 1.10. The maximum absolute atomic E-state index is 5.14. The molecule has 0 spiro atoms. The predicted octanol–water partition coefficient (Wildman–Crippen LogP) is 8.02. The quantitative estimate of drug-likeness (QED) is 0.242. The van der Waals surface area contributed by atoms with Gasteiger partial charge in [0.15, 0.2) is 0 Å². The summed E-state index contributed by atoms with van der Waals surface area (Å²) in [6.07, 6.45) is 9.78. The first-order valence-corrected chi connectivity index (χ1v) is 18.3. The Morgan fingerprint density at radius 1 is 0.811 bits per heavy atom. The van der Waals surface area contributed by atoms with E-state index in [0.29, 0.717) is 37.3 Å². The Kier molecular flexibility index (Phi) is 16.1. The van der Waals surface area contributed by atoms with Crippen LogP contribution in [0.3, 0.4) is 0 Å². The zero-order valence-electron chi connectivity index (χ0n) is 22.5. The number of nitrogens with zero attached hydrogens (tertiary/aromatic N) is 6. The first-order chi connectivity index (χ1) is 18.2. The molecule has 0 N–H and O–H groups in total. The molecule has 2 unspecified atom stereocenters. The van der Waals surface area contributed by atoms with Gasteiger partial charge in [0, 0.05) is 28.6 Å². The average Bonchev–Trinajstić information content (AvgIpc) is 2.92. The molecule has 10 heteroatoms. The van der Waals surface area contributed by atoms with Gasteiger partial charge in [-0.05, 0) is 25.2 Å². The summed E-state index contributed by atoms with van der Waals surface area (Å²) in [4.78, 5) is 8.83. The minimum atomic E-state index is 0.00694. The van der Waals surface area contributed by atoms with Crippen molar-refractivity contribution in [2.24, 2.45) is 0 Å². The van der Waals surface area contributed by atoms with E-state index in [1.54, 1.807) is 0 Å². The summed E-state index contributed by atoms with van der Waals surface area (Å²) >= 11 is 1.96. The zero-order chi connectivity index (χ0) is 26.3. The van der Waals surface area contributed by atoms with E-state index in [9.17, 15) is 0 Å². The summed E-state index contributed by atoms with van der Waals surface area (Å²) in [6.45, 7) is 10.9. The molecule has 4 atom stereocenters. The first-order valence-electron chi connectivity index (χ1n) is 14.0. The van der Waals surface area contributed by atoms with Gasteiger partial charge in [0.05, 0.1) is 0 Å².